The minimum atomic E-state index is -1.12. The third-order valence-corrected chi connectivity index (χ3v) is 15.0. The molecule has 1 unspecified atom stereocenters. The monoisotopic (exact) mass is 1060 g/mol. The molecule has 1 amide bonds. The fourth-order valence-electron chi connectivity index (χ4n) is 10.8. The van der Waals surface area contributed by atoms with Gasteiger partial charge in [0.05, 0.1) is 18.1 Å². The van der Waals surface area contributed by atoms with Crippen LogP contribution >= 0.6 is 0 Å². The number of aromatic nitrogens is 6. The van der Waals surface area contributed by atoms with Crippen molar-refractivity contribution in [3.63, 3.8) is 0 Å². The molecule has 8 N–H and O–H groups in total. The van der Waals surface area contributed by atoms with Gasteiger partial charge in [-0.15, -0.1) is 10.2 Å². The van der Waals surface area contributed by atoms with E-state index in [0.717, 1.165) is 42.2 Å². The highest BCUT2D eigenvalue weighted by Gasteiger charge is 2.52. The summed E-state index contributed by atoms with van der Waals surface area (Å²) in [6, 6.07) is 23.9. The number of aromatic amines is 2. The molecular formula is C56H49F6N9O6. The molecule has 0 radical (unpaired) electrons. The highest BCUT2D eigenvalue weighted by Crippen LogP contribution is 2.55. The molecule has 6 aliphatic rings. The zero-order chi connectivity index (χ0) is 54.4. The van der Waals surface area contributed by atoms with Gasteiger partial charge in [0.2, 0.25) is 5.82 Å². The van der Waals surface area contributed by atoms with Gasteiger partial charge >= 0.3 is 5.97 Å². The molecule has 3 saturated carbocycles. The van der Waals surface area contributed by atoms with Crippen LogP contribution < -0.4 is 16.8 Å². The maximum absolute atomic E-state index is 14.2. The minimum Gasteiger partial charge on any atom is -0.475 e. The van der Waals surface area contributed by atoms with Crippen LogP contribution in [0.5, 0.6) is 0 Å². The number of fused-ring (bicyclic) bond motifs is 9. The van der Waals surface area contributed by atoms with E-state index in [9.17, 15) is 50.3 Å². The fourth-order valence-corrected chi connectivity index (χ4v) is 10.8. The van der Waals surface area contributed by atoms with E-state index in [4.69, 9.17) is 16.6 Å². The number of ketones is 3. The molecule has 0 aliphatic heterocycles. The van der Waals surface area contributed by atoms with Crippen molar-refractivity contribution in [3.05, 3.63) is 200 Å². The summed E-state index contributed by atoms with van der Waals surface area (Å²) in [7, 11) is 0. The number of benzene rings is 5. The van der Waals surface area contributed by atoms with Crippen molar-refractivity contribution in [3.8, 4) is 0 Å². The maximum Gasteiger partial charge on any atom is 0.375 e. The summed E-state index contributed by atoms with van der Waals surface area (Å²) in [5.41, 5.74) is 16.3. The van der Waals surface area contributed by atoms with Crippen LogP contribution in [0.2, 0.25) is 0 Å². The summed E-state index contributed by atoms with van der Waals surface area (Å²) in [6.45, 7) is 0. The Kier molecular flexibility index (Phi) is 14.6. The van der Waals surface area contributed by atoms with Gasteiger partial charge in [0.15, 0.2) is 17.3 Å². The van der Waals surface area contributed by atoms with Gasteiger partial charge < -0.3 is 21.9 Å². The molecule has 21 heteroatoms. The molecule has 5 aromatic carbocycles. The summed E-state index contributed by atoms with van der Waals surface area (Å²) in [6.07, 6.45) is 3.00. The number of nitrogens with zero attached hydrogens (tertiary/aromatic N) is 4. The average molecular weight is 1060 g/mol. The number of carbonyl (C=O) groups is 5. The van der Waals surface area contributed by atoms with E-state index < -0.39 is 64.9 Å². The molecular weight excluding hydrogens is 1010 g/mol. The van der Waals surface area contributed by atoms with Crippen LogP contribution in [0.1, 0.15) is 114 Å². The fraction of sp³-hybridized carbons (Fsp3) is 0.304. The summed E-state index contributed by atoms with van der Waals surface area (Å²) >= 11 is 0. The Bertz CT molecular complexity index is 3360. The van der Waals surface area contributed by atoms with Crippen LogP contribution in [0.3, 0.4) is 0 Å². The highest BCUT2D eigenvalue weighted by atomic mass is 19.2. The van der Waals surface area contributed by atoms with Crippen LogP contribution in [-0.2, 0) is 46.5 Å². The molecule has 2 heterocycles. The lowest BCUT2D eigenvalue weighted by Gasteiger charge is -2.15. The zero-order valence-electron chi connectivity index (χ0n) is 40.8. The van der Waals surface area contributed by atoms with Gasteiger partial charge in [0.25, 0.3) is 11.7 Å². The lowest BCUT2D eigenvalue weighted by Crippen LogP contribution is -2.43. The molecule has 0 spiro atoms. The topological polar surface area (TPSA) is 253 Å². The van der Waals surface area contributed by atoms with Crippen molar-refractivity contribution >= 4 is 29.2 Å². The molecule has 2 aromatic heterocycles. The predicted molar refractivity (Wildman–Crippen MR) is 263 cm³/mol. The molecule has 77 heavy (non-hydrogen) atoms. The lowest BCUT2D eigenvalue weighted by molar-refractivity contribution is -0.121. The van der Waals surface area contributed by atoms with Gasteiger partial charge in [-0.05, 0) is 117 Å². The molecule has 0 saturated heterocycles. The van der Waals surface area contributed by atoms with Gasteiger partial charge in [-0.1, -0.05) is 60.7 Å². The molecule has 0 bridgehead atoms. The molecule has 3 fully saturated rings. The lowest BCUT2D eigenvalue weighted by atomic mass is 9.99. The number of carboxylic acids is 1. The van der Waals surface area contributed by atoms with Crippen LogP contribution in [0.25, 0.3) is 0 Å². The Morgan fingerprint density at radius 1 is 0.545 bits per heavy atom. The third-order valence-electron chi connectivity index (χ3n) is 15.0. The smallest absolute Gasteiger partial charge is 0.375 e. The van der Waals surface area contributed by atoms with E-state index in [2.05, 4.69) is 35.7 Å². The molecule has 9 atom stereocenters. The van der Waals surface area contributed by atoms with Gasteiger partial charge in [0, 0.05) is 50.3 Å². The average Bonchev–Trinajstić information content (AvgIpc) is 4.38. The number of nitrogens with one attached hydrogen (secondary N) is 3. The quantitative estimate of drug-likeness (QED) is 0.0899. The predicted octanol–water partition coefficient (Wildman–Crippen LogP) is 6.84. The first-order valence-electron chi connectivity index (χ1n) is 24.9. The van der Waals surface area contributed by atoms with E-state index in [1.165, 1.54) is 18.2 Å². The Hall–Kier alpha value is -8.17. The third kappa shape index (κ3) is 11.5. The van der Waals surface area contributed by atoms with E-state index in [-0.39, 0.29) is 89.3 Å². The Labute approximate surface area is 435 Å². The normalized spacial score (nSPS) is 23.7. The first-order valence-corrected chi connectivity index (χ1v) is 24.9. The number of carbonyl (C=O) groups excluding carboxylic acids is 4. The molecule has 13 rings (SSSR count). The summed E-state index contributed by atoms with van der Waals surface area (Å²) in [5, 5.41) is 24.2. The number of hydrogen-bond donors (Lipinski definition) is 6. The minimum absolute atomic E-state index is 0.00435. The number of aromatic carboxylic acids is 1. The first kappa shape index (κ1) is 52.3. The van der Waals surface area contributed by atoms with Crippen LogP contribution in [0.4, 0.5) is 26.3 Å². The largest absolute Gasteiger partial charge is 0.475 e. The van der Waals surface area contributed by atoms with Crippen molar-refractivity contribution in [2.75, 3.05) is 0 Å². The number of hydrogen-bond acceptors (Lipinski definition) is 11. The van der Waals surface area contributed by atoms with Crippen molar-refractivity contribution in [2.24, 2.45) is 29.2 Å². The highest BCUT2D eigenvalue weighted by molar-refractivity contribution is 5.97. The Balaban J connectivity index is 0.000000123. The van der Waals surface area contributed by atoms with Gasteiger partial charge in [-0.2, -0.15) is 0 Å². The Morgan fingerprint density at radius 3 is 1.34 bits per heavy atom. The first-order chi connectivity index (χ1) is 36.9. The number of Topliss-reactive ketones (excluding diaryl/α,β-unsaturated/α-hetero) is 3. The zero-order valence-corrected chi connectivity index (χ0v) is 40.8. The number of rotatable bonds is 7. The molecule has 396 valence electrons. The summed E-state index contributed by atoms with van der Waals surface area (Å²) < 4.78 is 81.2. The van der Waals surface area contributed by atoms with Crippen molar-refractivity contribution in [2.45, 2.75) is 87.2 Å². The second-order valence-corrected chi connectivity index (χ2v) is 20.2. The van der Waals surface area contributed by atoms with Crippen LogP contribution in [0, 0.1) is 52.7 Å². The number of amides is 1. The van der Waals surface area contributed by atoms with E-state index in [1.54, 1.807) is 0 Å². The summed E-state index contributed by atoms with van der Waals surface area (Å²) in [5.74, 6) is -5.19. The molecule has 7 aromatic rings. The molecule has 6 aliphatic carbocycles. The number of nitrogens with two attached hydrogens (primary N) is 2. The van der Waals surface area contributed by atoms with Gasteiger partial charge in [0.1, 0.15) is 46.6 Å². The maximum atomic E-state index is 14.2. The van der Waals surface area contributed by atoms with Crippen molar-refractivity contribution < 1.29 is 55.4 Å². The van der Waals surface area contributed by atoms with E-state index in [1.807, 2.05) is 60.7 Å². The Morgan fingerprint density at radius 2 is 0.922 bits per heavy atom. The number of halogens is 6. The van der Waals surface area contributed by atoms with Crippen LogP contribution in [0.15, 0.2) is 97.1 Å². The number of H-pyrrole nitrogens is 2. The summed E-state index contributed by atoms with van der Waals surface area (Å²) in [4.78, 5) is 67.3. The van der Waals surface area contributed by atoms with Gasteiger partial charge in [-0.25, -0.2) is 41.1 Å². The van der Waals surface area contributed by atoms with Crippen molar-refractivity contribution in [1.29, 1.82) is 0 Å². The standard InChI is InChI=1S/C22H18F2N4O2.2C12H11F2NO.C10H9N3O2/c23-12-7-13-14-9-16(14)20(18(29)10-15(13)17(24)8-12)26-22(30)21-25-19(27-28-21)6-11-4-2-1-3-5-11;2*13-5-1-6-7-3-9(7)12(15)11(16)4-8(6)10(14)2-5;14-10(15)9-11-8(12-13-9)6-7-4-2-1-3-5-7/h1-5,7-8,14,16,20H,6,9-10H2,(H,26,30)(H,25,27,28);2*1-2,7,9,12H,3-4,15H2;1-5H,6H2,(H,14,15)(H,11,12,13)/t14-,16-,20-;7-,9?,12-;7-,9-,12-;/m000./s1. The van der Waals surface area contributed by atoms with Crippen molar-refractivity contribution in [1.82, 2.24) is 35.7 Å². The number of carboxylic acid groups (broad SMARTS) is 1. The van der Waals surface area contributed by atoms with E-state index in [0.29, 0.717) is 58.7 Å². The second kappa shape index (κ2) is 21.5. The SMILES string of the molecule is N[C@@H]1C(=O)Cc2c(F)cc(F)cc2[C@@H]2CC12.N[C@@H]1C(=O)Cc2c(F)cc(F)cc2[C@@H]2C[C@H]12.O=C(N[C@@H]1C(=O)Cc2c(F)cc(F)cc2[C@@H]2C[C@H]12)c1n[nH]c(Cc2ccccc2)n1.O=C(O)c1n[nH]c(Cc2ccccc2)n1. The van der Waals surface area contributed by atoms with E-state index >= 15 is 0 Å². The molecule has 15 nitrogen and oxygen atoms in total. The van der Waals surface area contributed by atoms with Crippen LogP contribution in [-0.4, -0.2) is 82.8 Å². The second-order valence-electron chi connectivity index (χ2n) is 20.2. The van der Waals surface area contributed by atoms with Gasteiger partial charge in [-0.3, -0.25) is 29.4 Å².